The number of likely N-dealkylation sites (N-methyl/N-ethyl adjacent to an activating group) is 1. The van der Waals surface area contributed by atoms with Crippen molar-refractivity contribution in [3.8, 4) is 0 Å². The number of hydrogen-bond donors (Lipinski definition) is 2. The molecular formula is C12H21N3O2S3. The van der Waals surface area contributed by atoms with Crippen molar-refractivity contribution in [2.45, 2.75) is 31.0 Å². The van der Waals surface area contributed by atoms with E-state index < -0.39 is 10.0 Å². The van der Waals surface area contributed by atoms with Crippen LogP contribution >= 0.6 is 23.6 Å². The lowest BCUT2D eigenvalue weighted by Crippen LogP contribution is -2.41. The monoisotopic (exact) mass is 335 g/mol. The van der Waals surface area contributed by atoms with Gasteiger partial charge in [-0.15, -0.1) is 11.3 Å². The van der Waals surface area contributed by atoms with Gasteiger partial charge in [0.25, 0.3) is 0 Å². The number of rotatable bonds is 8. The van der Waals surface area contributed by atoms with Crippen LogP contribution in [0, 0.1) is 0 Å². The first-order valence-electron chi connectivity index (χ1n) is 6.44. The molecule has 0 aliphatic heterocycles. The van der Waals surface area contributed by atoms with Gasteiger partial charge in [-0.3, -0.25) is 0 Å². The van der Waals surface area contributed by atoms with Crippen molar-refractivity contribution in [3.63, 3.8) is 0 Å². The lowest BCUT2D eigenvalue weighted by atomic mass is 10.3. The molecule has 1 rings (SSSR count). The molecule has 0 radical (unpaired) electrons. The molecule has 0 saturated heterocycles. The van der Waals surface area contributed by atoms with Gasteiger partial charge in [0.15, 0.2) is 0 Å². The number of thiocarbonyl (C=S) groups is 1. The summed E-state index contributed by atoms with van der Waals surface area (Å²) < 4.78 is 27.4. The van der Waals surface area contributed by atoms with Crippen LogP contribution in [-0.2, 0) is 10.0 Å². The van der Waals surface area contributed by atoms with Crippen molar-refractivity contribution < 1.29 is 8.42 Å². The fraction of sp³-hybridized carbons (Fsp3) is 0.583. The highest BCUT2D eigenvalue weighted by molar-refractivity contribution is 7.91. The number of nitrogens with zero attached hydrogens (tertiary/aromatic N) is 1. The molecule has 0 bridgehead atoms. The van der Waals surface area contributed by atoms with Gasteiger partial charge in [-0.25, -0.2) is 13.1 Å². The molecular weight excluding hydrogens is 314 g/mol. The molecule has 3 N–H and O–H groups in total. The first-order chi connectivity index (χ1) is 9.30. The summed E-state index contributed by atoms with van der Waals surface area (Å²) in [5, 5.41) is 0. The average molecular weight is 336 g/mol. The molecule has 1 aromatic rings. The summed E-state index contributed by atoms with van der Waals surface area (Å²) in [6.07, 6.45) is 0. The smallest absolute Gasteiger partial charge is 0.250 e. The Bertz CT molecular complexity index is 550. The molecule has 0 aliphatic carbocycles. The zero-order valence-corrected chi connectivity index (χ0v) is 14.4. The van der Waals surface area contributed by atoms with Gasteiger partial charge in [-0.2, -0.15) is 0 Å². The fourth-order valence-corrected chi connectivity index (χ4v) is 4.43. The molecule has 0 amide bonds. The molecule has 0 fully saturated rings. The second-order valence-corrected chi connectivity index (χ2v) is 7.96. The molecule has 0 saturated carbocycles. The van der Waals surface area contributed by atoms with Gasteiger partial charge in [-0.05, 0) is 32.1 Å². The van der Waals surface area contributed by atoms with E-state index in [2.05, 4.69) is 23.5 Å². The molecule has 8 heteroatoms. The third-order valence-corrected chi connectivity index (χ3v) is 6.42. The predicted molar refractivity (Wildman–Crippen MR) is 87.8 cm³/mol. The Balaban J connectivity index is 2.76. The molecule has 0 aliphatic rings. The molecule has 1 aromatic heterocycles. The van der Waals surface area contributed by atoms with Crippen LogP contribution in [0.3, 0.4) is 0 Å². The van der Waals surface area contributed by atoms with E-state index >= 15 is 0 Å². The zero-order valence-electron chi connectivity index (χ0n) is 11.9. The average Bonchev–Trinajstić information content (AvgIpc) is 2.85. The normalized spacial score (nSPS) is 13.6. The van der Waals surface area contributed by atoms with Gasteiger partial charge in [0, 0.05) is 12.6 Å². The van der Waals surface area contributed by atoms with Crippen molar-refractivity contribution in [2.24, 2.45) is 5.73 Å². The molecule has 1 unspecified atom stereocenters. The van der Waals surface area contributed by atoms with E-state index in [-0.39, 0.29) is 15.2 Å². The summed E-state index contributed by atoms with van der Waals surface area (Å²) in [5.74, 6) is 0. The molecule has 0 aromatic carbocycles. The third-order valence-electron chi connectivity index (χ3n) is 2.87. The maximum Gasteiger partial charge on any atom is 0.250 e. The first kappa shape index (κ1) is 17.5. The number of sulfonamides is 1. The van der Waals surface area contributed by atoms with Crippen LogP contribution in [0.15, 0.2) is 16.3 Å². The second kappa shape index (κ2) is 7.46. The van der Waals surface area contributed by atoms with Crippen molar-refractivity contribution in [1.29, 1.82) is 0 Å². The lowest BCUT2D eigenvalue weighted by molar-refractivity contribution is 0.282. The maximum absolute atomic E-state index is 12.2. The van der Waals surface area contributed by atoms with E-state index in [4.69, 9.17) is 18.0 Å². The Kier molecular flexibility index (Phi) is 6.53. The first-order valence-corrected chi connectivity index (χ1v) is 9.15. The van der Waals surface area contributed by atoms with E-state index in [0.717, 1.165) is 24.4 Å². The largest absolute Gasteiger partial charge is 0.389 e. The summed E-state index contributed by atoms with van der Waals surface area (Å²) in [5.41, 5.74) is 5.49. The minimum absolute atomic E-state index is 0.157. The topological polar surface area (TPSA) is 75.4 Å². The summed E-state index contributed by atoms with van der Waals surface area (Å²) in [6, 6.07) is 3.01. The summed E-state index contributed by atoms with van der Waals surface area (Å²) in [6.45, 7) is 8.44. The van der Waals surface area contributed by atoms with E-state index in [1.165, 1.54) is 6.07 Å². The van der Waals surface area contributed by atoms with Gasteiger partial charge in [0.1, 0.15) is 9.20 Å². The fourth-order valence-electron chi connectivity index (χ4n) is 1.83. The van der Waals surface area contributed by atoms with Crippen LogP contribution in [-0.4, -0.2) is 44.0 Å². The summed E-state index contributed by atoms with van der Waals surface area (Å²) in [4.78, 5) is 2.99. The Morgan fingerprint density at radius 3 is 2.50 bits per heavy atom. The summed E-state index contributed by atoms with van der Waals surface area (Å²) >= 11 is 5.93. The van der Waals surface area contributed by atoms with Gasteiger partial charge in [0.05, 0.1) is 4.88 Å². The molecule has 1 heterocycles. The number of hydrogen-bond acceptors (Lipinski definition) is 5. The minimum atomic E-state index is -3.51. The van der Waals surface area contributed by atoms with E-state index in [1.54, 1.807) is 6.07 Å². The van der Waals surface area contributed by atoms with Crippen LogP contribution < -0.4 is 10.5 Å². The number of nitrogens with two attached hydrogens (primary N) is 1. The highest BCUT2D eigenvalue weighted by Gasteiger charge is 2.20. The number of thiophene rings is 1. The quantitative estimate of drug-likeness (QED) is 0.702. The Morgan fingerprint density at radius 2 is 2.05 bits per heavy atom. The van der Waals surface area contributed by atoms with Crippen LogP contribution in [0.5, 0.6) is 0 Å². The van der Waals surface area contributed by atoms with Crippen LogP contribution in [0.2, 0.25) is 0 Å². The minimum Gasteiger partial charge on any atom is -0.389 e. The second-order valence-electron chi connectivity index (χ2n) is 4.49. The van der Waals surface area contributed by atoms with Gasteiger partial charge in [0.2, 0.25) is 10.0 Å². The van der Waals surface area contributed by atoms with Crippen molar-refractivity contribution in [3.05, 3.63) is 17.0 Å². The molecule has 5 nitrogen and oxygen atoms in total. The molecule has 20 heavy (non-hydrogen) atoms. The maximum atomic E-state index is 12.2. The van der Waals surface area contributed by atoms with Crippen LogP contribution in [0.1, 0.15) is 25.6 Å². The molecule has 114 valence electrons. The van der Waals surface area contributed by atoms with Gasteiger partial charge in [-0.1, -0.05) is 26.1 Å². The van der Waals surface area contributed by atoms with Crippen LogP contribution in [0.4, 0.5) is 0 Å². The molecule has 0 spiro atoms. The highest BCUT2D eigenvalue weighted by Crippen LogP contribution is 2.21. The summed E-state index contributed by atoms with van der Waals surface area (Å²) in [7, 11) is -3.51. The van der Waals surface area contributed by atoms with E-state index in [0.29, 0.717) is 11.4 Å². The van der Waals surface area contributed by atoms with Crippen molar-refractivity contribution in [1.82, 2.24) is 9.62 Å². The Morgan fingerprint density at radius 1 is 1.45 bits per heavy atom. The van der Waals surface area contributed by atoms with E-state index in [9.17, 15) is 8.42 Å². The van der Waals surface area contributed by atoms with Gasteiger partial charge >= 0.3 is 0 Å². The Labute approximate surface area is 130 Å². The lowest BCUT2D eigenvalue weighted by Gasteiger charge is -2.23. The predicted octanol–water partition coefficient (Wildman–Crippen LogP) is 1.39. The van der Waals surface area contributed by atoms with E-state index in [1.807, 2.05) is 6.92 Å². The van der Waals surface area contributed by atoms with Crippen LogP contribution in [0.25, 0.3) is 0 Å². The zero-order chi connectivity index (χ0) is 15.3. The van der Waals surface area contributed by atoms with Gasteiger partial charge < -0.3 is 10.6 Å². The standard InChI is InChI=1S/C12H21N3O2S3/c1-4-15(5-2)8-9(3)14-20(16,17)11-7-6-10(19-11)12(13)18/h6-7,9,14H,4-5,8H2,1-3H3,(H2,13,18). The third kappa shape index (κ3) is 4.78. The molecule has 1 atom stereocenters. The Hall–Kier alpha value is -0.540. The number of nitrogens with one attached hydrogen (secondary N) is 1. The van der Waals surface area contributed by atoms with Crippen molar-refractivity contribution in [2.75, 3.05) is 19.6 Å². The van der Waals surface area contributed by atoms with Crippen molar-refractivity contribution >= 4 is 38.6 Å². The SMILES string of the molecule is CCN(CC)CC(C)NS(=O)(=O)c1ccc(C(N)=S)s1. The highest BCUT2D eigenvalue weighted by atomic mass is 32.2.